The number of carbonyl (C=O) groups is 1. The van der Waals surface area contributed by atoms with Gasteiger partial charge in [0.2, 0.25) is 0 Å². The molecule has 2 aromatic rings. The number of rotatable bonds is 6. The highest BCUT2D eigenvalue weighted by molar-refractivity contribution is 5.95. The molecule has 1 N–H and O–H groups in total. The van der Waals surface area contributed by atoms with Gasteiger partial charge in [-0.05, 0) is 62.0 Å². The molecule has 0 unspecified atom stereocenters. The SMILES string of the molecule is CCc1ccc([C@@H](CNC(=O)c2ccccc2C)N2CCCC2)cc1. The minimum atomic E-state index is 0.0208. The molecular formula is C22H28N2O. The molecule has 0 radical (unpaired) electrons. The Balaban J connectivity index is 1.73. The fourth-order valence-electron chi connectivity index (χ4n) is 3.60. The molecule has 0 spiro atoms. The molecule has 2 aromatic carbocycles. The lowest BCUT2D eigenvalue weighted by atomic mass is 10.0. The summed E-state index contributed by atoms with van der Waals surface area (Å²) in [6.07, 6.45) is 3.54. The second kappa shape index (κ2) is 8.30. The van der Waals surface area contributed by atoms with Crippen molar-refractivity contribution in [2.24, 2.45) is 0 Å². The number of hydrogen-bond acceptors (Lipinski definition) is 2. The van der Waals surface area contributed by atoms with Gasteiger partial charge in [-0.25, -0.2) is 0 Å². The summed E-state index contributed by atoms with van der Waals surface area (Å²) in [4.78, 5) is 15.1. The van der Waals surface area contributed by atoms with Gasteiger partial charge >= 0.3 is 0 Å². The zero-order chi connectivity index (χ0) is 17.6. The van der Waals surface area contributed by atoms with E-state index in [1.807, 2.05) is 31.2 Å². The monoisotopic (exact) mass is 336 g/mol. The van der Waals surface area contributed by atoms with Crippen molar-refractivity contribution in [1.29, 1.82) is 0 Å². The van der Waals surface area contributed by atoms with Crippen LogP contribution in [0.2, 0.25) is 0 Å². The zero-order valence-corrected chi connectivity index (χ0v) is 15.3. The molecule has 1 amide bonds. The van der Waals surface area contributed by atoms with Gasteiger partial charge in [0.25, 0.3) is 5.91 Å². The number of benzene rings is 2. The largest absolute Gasteiger partial charge is 0.350 e. The molecule has 1 fully saturated rings. The van der Waals surface area contributed by atoms with Gasteiger partial charge in [-0.3, -0.25) is 9.69 Å². The molecule has 3 rings (SSSR count). The van der Waals surface area contributed by atoms with Crippen molar-refractivity contribution in [1.82, 2.24) is 10.2 Å². The van der Waals surface area contributed by atoms with Crippen molar-refractivity contribution < 1.29 is 4.79 Å². The maximum Gasteiger partial charge on any atom is 0.251 e. The van der Waals surface area contributed by atoms with Gasteiger partial charge in [-0.15, -0.1) is 0 Å². The van der Waals surface area contributed by atoms with Crippen molar-refractivity contribution in [3.05, 3.63) is 70.8 Å². The van der Waals surface area contributed by atoms with E-state index in [2.05, 4.69) is 41.4 Å². The van der Waals surface area contributed by atoms with E-state index in [0.29, 0.717) is 6.54 Å². The second-order valence-corrected chi connectivity index (χ2v) is 6.88. The highest BCUT2D eigenvalue weighted by Gasteiger charge is 2.24. The van der Waals surface area contributed by atoms with E-state index in [4.69, 9.17) is 0 Å². The number of amides is 1. The Kier molecular flexibility index (Phi) is 5.87. The first-order chi connectivity index (χ1) is 12.2. The average Bonchev–Trinajstić information content (AvgIpc) is 3.17. The number of aryl methyl sites for hydroxylation is 2. The maximum absolute atomic E-state index is 12.6. The van der Waals surface area contributed by atoms with Crippen LogP contribution in [0.5, 0.6) is 0 Å². The maximum atomic E-state index is 12.6. The van der Waals surface area contributed by atoms with E-state index in [9.17, 15) is 4.79 Å². The molecule has 0 aliphatic carbocycles. The molecule has 25 heavy (non-hydrogen) atoms. The Morgan fingerprint density at radius 2 is 1.76 bits per heavy atom. The predicted molar refractivity (Wildman–Crippen MR) is 103 cm³/mol. The number of carbonyl (C=O) groups excluding carboxylic acids is 1. The van der Waals surface area contributed by atoms with Crippen LogP contribution in [-0.4, -0.2) is 30.4 Å². The normalized spacial score (nSPS) is 15.9. The van der Waals surface area contributed by atoms with Crippen LogP contribution in [0.3, 0.4) is 0 Å². The molecule has 1 atom stereocenters. The summed E-state index contributed by atoms with van der Waals surface area (Å²) < 4.78 is 0. The van der Waals surface area contributed by atoms with Crippen LogP contribution >= 0.6 is 0 Å². The highest BCUT2D eigenvalue weighted by atomic mass is 16.1. The third-order valence-electron chi connectivity index (χ3n) is 5.20. The molecule has 0 bridgehead atoms. The Morgan fingerprint density at radius 1 is 1.08 bits per heavy atom. The van der Waals surface area contributed by atoms with E-state index in [-0.39, 0.29) is 11.9 Å². The van der Waals surface area contributed by atoms with Crippen molar-refractivity contribution in [3.8, 4) is 0 Å². The Morgan fingerprint density at radius 3 is 2.40 bits per heavy atom. The van der Waals surface area contributed by atoms with Gasteiger partial charge in [0, 0.05) is 12.1 Å². The summed E-state index contributed by atoms with van der Waals surface area (Å²) in [5.41, 5.74) is 4.44. The van der Waals surface area contributed by atoms with Crippen LogP contribution in [0.15, 0.2) is 48.5 Å². The minimum absolute atomic E-state index is 0.0208. The summed E-state index contributed by atoms with van der Waals surface area (Å²) >= 11 is 0. The molecule has 132 valence electrons. The third kappa shape index (κ3) is 4.29. The summed E-state index contributed by atoms with van der Waals surface area (Å²) in [5.74, 6) is 0.0208. The van der Waals surface area contributed by atoms with Gasteiger partial charge in [0.1, 0.15) is 0 Å². The lowest BCUT2D eigenvalue weighted by molar-refractivity contribution is 0.0937. The number of nitrogens with zero attached hydrogens (tertiary/aromatic N) is 1. The first-order valence-electron chi connectivity index (χ1n) is 9.35. The highest BCUT2D eigenvalue weighted by Crippen LogP contribution is 2.25. The van der Waals surface area contributed by atoms with Crippen LogP contribution in [0.1, 0.15) is 52.9 Å². The molecular weight excluding hydrogens is 308 g/mol. The van der Waals surface area contributed by atoms with Crippen LogP contribution in [0.4, 0.5) is 0 Å². The van der Waals surface area contributed by atoms with E-state index < -0.39 is 0 Å². The first-order valence-corrected chi connectivity index (χ1v) is 9.35. The van der Waals surface area contributed by atoms with E-state index >= 15 is 0 Å². The quantitative estimate of drug-likeness (QED) is 0.860. The number of likely N-dealkylation sites (tertiary alicyclic amines) is 1. The van der Waals surface area contributed by atoms with Gasteiger partial charge in [-0.1, -0.05) is 49.4 Å². The standard InChI is InChI=1S/C22H28N2O/c1-3-18-10-12-19(13-11-18)21(24-14-6-7-15-24)16-23-22(25)20-9-5-4-8-17(20)2/h4-5,8-13,21H,3,6-7,14-16H2,1-2H3,(H,23,25)/t21-/m1/s1. The molecule has 1 saturated heterocycles. The molecule has 3 nitrogen and oxygen atoms in total. The molecule has 1 heterocycles. The van der Waals surface area contributed by atoms with E-state index in [1.54, 1.807) is 0 Å². The van der Waals surface area contributed by atoms with Crippen molar-refractivity contribution in [2.75, 3.05) is 19.6 Å². The van der Waals surface area contributed by atoms with E-state index in [0.717, 1.165) is 30.6 Å². The second-order valence-electron chi connectivity index (χ2n) is 6.88. The summed E-state index contributed by atoms with van der Waals surface area (Å²) in [6.45, 7) is 7.03. The van der Waals surface area contributed by atoms with Crippen LogP contribution in [0, 0.1) is 6.92 Å². The summed E-state index contributed by atoms with van der Waals surface area (Å²) in [5, 5.41) is 3.16. The number of hydrogen-bond donors (Lipinski definition) is 1. The van der Waals surface area contributed by atoms with Crippen molar-refractivity contribution in [2.45, 2.75) is 39.2 Å². The van der Waals surface area contributed by atoms with Crippen LogP contribution < -0.4 is 5.32 Å². The minimum Gasteiger partial charge on any atom is -0.350 e. The Labute approximate surface area is 151 Å². The van der Waals surface area contributed by atoms with Gasteiger partial charge in [0.05, 0.1) is 6.04 Å². The number of nitrogens with one attached hydrogen (secondary N) is 1. The van der Waals surface area contributed by atoms with Crippen molar-refractivity contribution >= 4 is 5.91 Å². The first kappa shape index (κ1) is 17.7. The van der Waals surface area contributed by atoms with Crippen LogP contribution in [-0.2, 0) is 6.42 Å². The molecule has 3 heteroatoms. The smallest absolute Gasteiger partial charge is 0.251 e. The van der Waals surface area contributed by atoms with Gasteiger partial charge < -0.3 is 5.32 Å². The molecule has 1 aliphatic heterocycles. The zero-order valence-electron chi connectivity index (χ0n) is 15.3. The Bertz CT molecular complexity index is 702. The lowest BCUT2D eigenvalue weighted by Gasteiger charge is -2.28. The summed E-state index contributed by atoms with van der Waals surface area (Å²) in [6, 6.07) is 16.9. The van der Waals surface area contributed by atoms with Crippen LogP contribution in [0.25, 0.3) is 0 Å². The predicted octanol–water partition coefficient (Wildman–Crippen LogP) is 4.12. The summed E-state index contributed by atoms with van der Waals surface area (Å²) in [7, 11) is 0. The molecule has 0 aromatic heterocycles. The van der Waals surface area contributed by atoms with Gasteiger partial charge in [-0.2, -0.15) is 0 Å². The van der Waals surface area contributed by atoms with Gasteiger partial charge in [0.15, 0.2) is 0 Å². The Hall–Kier alpha value is -2.13. The topological polar surface area (TPSA) is 32.3 Å². The lowest BCUT2D eigenvalue weighted by Crippen LogP contribution is -2.37. The average molecular weight is 336 g/mol. The fourth-order valence-corrected chi connectivity index (χ4v) is 3.60. The third-order valence-corrected chi connectivity index (χ3v) is 5.20. The fraction of sp³-hybridized carbons (Fsp3) is 0.409. The molecule has 0 saturated carbocycles. The van der Waals surface area contributed by atoms with E-state index in [1.165, 1.54) is 24.0 Å². The van der Waals surface area contributed by atoms with Crippen molar-refractivity contribution in [3.63, 3.8) is 0 Å². The molecule has 1 aliphatic rings.